The first-order chi connectivity index (χ1) is 10.4. The molecular weight excluding hydrogens is 293 g/mol. The first kappa shape index (κ1) is 14.3. The van der Waals surface area contributed by atoms with E-state index in [2.05, 4.69) is 10.2 Å². The minimum Gasteiger partial charge on any atom is -0.287 e. The third-order valence-electron chi connectivity index (χ3n) is 3.39. The van der Waals surface area contributed by atoms with Crippen LogP contribution in [-0.4, -0.2) is 16.0 Å². The summed E-state index contributed by atoms with van der Waals surface area (Å²) in [6.45, 7) is 1.90. The SMILES string of the molecule is Cc1ccc2c(C(=O)c3cccc(C(F)(F)F)c3)n[nH]c2c1. The van der Waals surface area contributed by atoms with Gasteiger partial charge in [-0.3, -0.25) is 9.89 Å². The van der Waals surface area contributed by atoms with Gasteiger partial charge in [-0.15, -0.1) is 0 Å². The molecule has 3 nitrogen and oxygen atoms in total. The maximum Gasteiger partial charge on any atom is 0.416 e. The van der Waals surface area contributed by atoms with Crippen LogP contribution in [0.1, 0.15) is 27.2 Å². The van der Waals surface area contributed by atoms with Crippen molar-refractivity contribution in [1.82, 2.24) is 10.2 Å². The van der Waals surface area contributed by atoms with Gasteiger partial charge in [0.25, 0.3) is 0 Å². The van der Waals surface area contributed by atoms with E-state index in [4.69, 9.17) is 0 Å². The van der Waals surface area contributed by atoms with Crippen molar-refractivity contribution in [2.24, 2.45) is 0 Å². The molecule has 6 heteroatoms. The number of benzene rings is 2. The number of aryl methyl sites for hydroxylation is 1. The summed E-state index contributed by atoms with van der Waals surface area (Å²) < 4.78 is 38.2. The van der Waals surface area contributed by atoms with Crippen LogP contribution in [0.15, 0.2) is 42.5 Å². The van der Waals surface area contributed by atoms with Crippen LogP contribution in [0.25, 0.3) is 10.9 Å². The van der Waals surface area contributed by atoms with E-state index in [1.165, 1.54) is 12.1 Å². The Hall–Kier alpha value is -2.63. The number of rotatable bonds is 2. The average Bonchev–Trinajstić information content (AvgIpc) is 2.88. The maximum atomic E-state index is 12.7. The molecule has 0 saturated carbocycles. The van der Waals surface area contributed by atoms with E-state index >= 15 is 0 Å². The van der Waals surface area contributed by atoms with E-state index < -0.39 is 17.5 Å². The minimum absolute atomic E-state index is 0.0381. The molecule has 0 aliphatic carbocycles. The number of halogens is 3. The van der Waals surface area contributed by atoms with Crippen molar-refractivity contribution in [1.29, 1.82) is 0 Å². The van der Waals surface area contributed by atoms with Crippen molar-refractivity contribution in [2.45, 2.75) is 13.1 Å². The van der Waals surface area contributed by atoms with Gasteiger partial charge in [-0.05, 0) is 30.7 Å². The van der Waals surface area contributed by atoms with Crippen molar-refractivity contribution in [2.75, 3.05) is 0 Å². The lowest BCUT2D eigenvalue weighted by Gasteiger charge is -2.07. The van der Waals surface area contributed by atoms with Gasteiger partial charge in [0, 0.05) is 10.9 Å². The predicted molar refractivity (Wildman–Crippen MR) is 75.7 cm³/mol. The van der Waals surface area contributed by atoms with Gasteiger partial charge in [-0.25, -0.2) is 0 Å². The molecule has 3 rings (SSSR count). The van der Waals surface area contributed by atoms with E-state index in [9.17, 15) is 18.0 Å². The summed E-state index contributed by atoms with van der Waals surface area (Å²) in [5.41, 5.74) is 0.900. The Morgan fingerprint density at radius 2 is 1.91 bits per heavy atom. The van der Waals surface area contributed by atoms with Gasteiger partial charge in [0.15, 0.2) is 0 Å². The Balaban J connectivity index is 2.06. The molecular formula is C16H11F3N2O. The topological polar surface area (TPSA) is 45.8 Å². The quantitative estimate of drug-likeness (QED) is 0.724. The fraction of sp³-hybridized carbons (Fsp3) is 0.125. The van der Waals surface area contributed by atoms with Crippen LogP contribution >= 0.6 is 0 Å². The predicted octanol–water partition coefficient (Wildman–Crippen LogP) is 4.12. The second-order valence-electron chi connectivity index (χ2n) is 5.03. The van der Waals surface area contributed by atoms with Crippen LogP contribution in [0.2, 0.25) is 0 Å². The lowest BCUT2D eigenvalue weighted by Crippen LogP contribution is -2.08. The van der Waals surface area contributed by atoms with Crippen molar-refractivity contribution >= 4 is 16.7 Å². The first-order valence-electron chi connectivity index (χ1n) is 6.53. The van der Waals surface area contributed by atoms with Crippen LogP contribution in [0.3, 0.4) is 0 Å². The van der Waals surface area contributed by atoms with Crippen LogP contribution in [0.4, 0.5) is 13.2 Å². The summed E-state index contributed by atoms with van der Waals surface area (Å²) >= 11 is 0. The number of alkyl halides is 3. The Kier molecular flexibility index (Phi) is 3.24. The third kappa shape index (κ3) is 2.47. The number of fused-ring (bicyclic) bond motifs is 1. The standard InChI is InChI=1S/C16H11F3N2O/c1-9-5-6-12-13(7-9)20-21-14(12)15(22)10-3-2-4-11(8-10)16(17,18)19/h2-8H,1H3,(H,20,21). The van der Waals surface area contributed by atoms with Gasteiger partial charge in [-0.2, -0.15) is 18.3 Å². The molecule has 0 radical (unpaired) electrons. The molecule has 0 saturated heterocycles. The van der Waals surface area contributed by atoms with Gasteiger partial charge in [-0.1, -0.05) is 24.3 Å². The highest BCUT2D eigenvalue weighted by atomic mass is 19.4. The molecule has 22 heavy (non-hydrogen) atoms. The number of H-pyrrole nitrogens is 1. The number of aromatic nitrogens is 2. The molecule has 0 amide bonds. The van der Waals surface area contributed by atoms with Crippen molar-refractivity contribution in [3.63, 3.8) is 0 Å². The average molecular weight is 304 g/mol. The highest BCUT2D eigenvalue weighted by molar-refractivity contribution is 6.14. The van der Waals surface area contributed by atoms with E-state index in [0.717, 1.165) is 17.7 Å². The van der Waals surface area contributed by atoms with Gasteiger partial charge in [0.2, 0.25) is 5.78 Å². The third-order valence-corrected chi connectivity index (χ3v) is 3.39. The van der Waals surface area contributed by atoms with Crippen LogP contribution < -0.4 is 0 Å². The number of carbonyl (C=O) groups is 1. The number of aromatic amines is 1. The second kappa shape index (κ2) is 4.98. The molecule has 0 aliphatic rings. The number of hydrogen-bond acceptors (Lipinski definition) is 2. The molecule has 0 atom stereocenters. The summed E-state index contributed by atoms with van der Waals surface area (Å²) in [5.74, 6) is -0.541. The summed E-state index contributed by atoms with van der Waals surface area (Å²) in [7, 11) is 0. The van der Waals surface area contributed by atoms with Gasteiger partial charge in [0.1, 0.15) is 5.69 Å². The first-order valence-corrected chi connectivity index (χ1v) is 6.53. The van der Waals surface area contributed by atoms with Gasteiger partial charge < -0.3 is 0 Å². The fourth-order valence-electron chi connectivity index (χ4n) is 2.28. The molecule has 0 fully saturated rings. The summed E-state index contributed by atoms with van der Waals surface area (Å²) in [6, 6.07) is 9.72. The highest BCUT2D eigenvalue weighted by Crippen LogP contribution is 2.30. The molecule has 1 N–H and O–H groups in total. The molecule has 2 aromatic carbocycles. The Bertz CT molecular complexity index is 865. The molecule has 3 aromatic rings. The summed E-state index contributed by atoms with van der Waals surface area (Å²) in [4.78, 5) is 12.4. The van der Waals surface area contributed by atoms with Gasteiger partial charge in [0.05, 0.1) is 11.1 Å². The molecule has 1 heterocycles. The smallest absolute Gasteiger partial charge is 0.287 e. The van der Waals surface area contributed by atoms with E-state index in [-0.39, 0.29) is 11.3 Å². The number of carbonyl (C=O) groups excluding carboxylic acids is 1. The number of hydrogen-bond donors (Lipinski definition) is 1. The molecule has 0 aliphatic heterocycles. The minimum atomic E-state index is -4.49. The molecule has 0 bridgehead atoms. The van der Waals surface area contributed by atoms with Crippen LogP contribution in [-0.2, 0) is 6.18 Å². The monoisotopic (exact) mass is 304 g/mol. The molecule has 0 unspecified atom stereocenters. The Labute approximate surface area is 123 Å². The molecule has 112 valence electrons. The normalized spacial score (nSPS) is 11.8. The molecule has 1 aromatic heterocycles. The van der Waals surface area contributed by atoms with E-state index in [1.54, 1.807) is 6.07 Å². The summed E-state index contributed by atoms with van der Waals surface area (Å²) in [6.07, 6.45) is -4.49. The van der Waals surface area contributed by atoms with Crippen molar-refractivity contribution in [3.8, 4) is 0 Å². The van der Waals surface area contributed by atoms with Gasteiger partial charge >= 0.3 is 6.18 Å². The van der Waals surface area contributed by atoms with E-state index in [1.807, 2.05) is 19.1 Å². The zero-order chi connectivity index (χ0) is 15.9. The van der Waals surface area contributed by atoms with Crippen molar-refractivity contribution < 1.29 is 18.0 Å². The second-order valence-corrected chi connectivity index (χ2v) is 5.03. The Morgan fingerprint density at radius 1 is 1.14 bits per heavy atom. The lowest BCUT2D eigenvalue weighted by molar-refractivity contribution is -0.137. The van der Waals surface area contributed by atoms with Crippen LogP contribution in [0.5, 0.6) is 0 Å². The number of nitrogens with one attached hydrogen (secondary N) is 1. The molecule has 0 spiro atoms. The Morgan fingerprint density at radius 3 is 2.64 bits per heavy atom. The van der Waals surface area contributed by atoms with Crippen molar-refractivity contribution in [3.05, 3.63) is 64.8 Å². The van der Waals surface area contributed by atoms with Crippen LogP contribution in [0, 0.1) is 6.92 Å². The fourth-order valence-corrected chi connectivity index (χ4v) is 2.28. The maximum absolute atomic E-state index is 12.7. The van der Waals surface area contributed by atoms with E-state index in [0.29, 0.717) is 10.9 Å². The number of ketones is 1. The number of nitrogens with zero attached hydrogens (tertiary/aromatic N) is 1. The lowest BCUT2D eigenvalue weighted by atomic mass is 10.0. The zero-order valence-electron chi connectivity index (χ0n) is 11.5. The summed E-state index contributed by atoms with van der Waals surface area (Å²) in [5, 5.41) is 7.27. The highest BCUT2D eigenvalue weighted by Gasteiger charge is 2.31. The zero-order valence-corrected chi connectivity index (χ0v) is 11.5. The largest absolute Gasteiger partial charge is 0.416 e.